The highest BCUT2D eigenvalue weighted by Gasteiger charge is 2.18. The van der Waals surface area contributed by atoms with Crippen molar-refractivity contribution in [3.63, 3.8) is 0 Å². The van der Waals surface area contributed by atoms with Gasteiger partial charge >= 0.3 is 0 Å². The lowest BCUT2D eigenvalue weighted by Gasteiger charge is -2.17. The van der Waals surface area contributed by atoms with Crippen LogP contribution in [0.3, 0.4) is 0 Å². The number of nitrogens with one attached hydrogen (secondary N) is 1. The van der Waals surface area contributed by atoms with Gasteiger partial charge < -0.3 is 9.88 Å². The maximum atomic E-state index is 12.6. The number of aryl methyl sites for hydroxylation is 1. The Bertz CT molecular complexity index is 1030. The number of rotatable bonds is 8. The predicted molar refractivity (Wildman–Crippen MR) is 126 cm³/mol. The molecule has 0 radical (unpaired) electrons. The number of anilines is 1. The molecule has 0 unspecified atom stereocenters. The summed E-state index contributed by atoms with van der Waals surface area (Å²) in [6.45, 7) is 14.1. The second-order valence-electron chi connectivity index (χ2n) is 10.0. The smallest absolute Gasteiger partial charge is 0.225 e. The molecule has 5 nitrogen and oxygen atoms in total. The molecule has 0 bridgehead atoms. The van der Waals surface area contributed by atoms with E-state index in [4.69, 9.17) is 9.97 Å². The van der Waals surface area contributed by atoms with Gasteiger partial charge in [0.25, 0.3) is 0 Å². The number of carbonyl (C=O) groups excluding carboxylic acids is 1. The molecular weight excluding hydrogens is 372 g/mol. The van der Waals surface area contributed by atoms with Gasteiger partial charge in [-0.2, -0.15) is 0 Å². The van der Waals surface area contributed by atoms with Crippen LogP contribution >= 0.6 is 0 Å². The molecule has 2 aromatic heterocycles. The van der Waals surface area contributed by atoms with Crippen LogP contribution in [0.2, 0.25) is 0 Å². The zero-order chi connectivity index (χ0) is 21.9. The summed E-state index contributed by atoms with van der Waals surface area (Å²) >= 11 is 0. The first-order valence-corrected chi connectivity index (χ1v) is 11.2. The Morgan fingerprint density at radius 3 is 2.53 bits per heavy atom. The first kappa shape index (κ1) is 22.3. The number of imidazole rings is 1. The van der Waals surface area contributed by atoms with Gasteiger partial charge in [-0.1, -0.05) is 65.7 Å². The normalized spacial score (nSPS) is 12.2. The molecule has 5 heteroatoms. The summed E-state index contributed by atoms with van der Waals surface area (Å²) in [6.07, 6.45) is 4.85. The average molecular weight is 409 g/mol. The Morgan fingerprint density at radius 2 is 1.83 bits per heavy atom. The van der Waals surface area contributed by atoms with Crippen molar-refractivity contribution in [3.8, 4) is 0 Å². The largest absolute Gasteiger partial charge is 0.327 e. The van der Waals surface area contributed by atoms with E-state index in [-0.39, 0.29) is 5.91 Å². The first-order chi connectivity index (χ1) is 14.2. The van der Waals surface area contributed by atoms with Crippen LogP contribution in [-0.2, 0) is 11.3 Å². The fourth-order valence-corrected chi connectivity index (χ4v) is 3.94. The molecule has 0 aliphatic heterocycles. The molecule has 162 valence electrons. The second-order valence-corrected chi connectivity index (χ2v) is 10.0. The second kappa shape index (κ2) is 9.15. The summed E-state index contributed by atoms with van der Waals surface area (Å²) in [6, 6.07) is 8.10. The van der Waals surface area contributed by atoms with Crippen LogP contribution in [0.4, 0.5) is 5.82 Å². The van der Waals surface area contributed by atoms with E-state index in [1.54, 1.807) is 0 Å². The van der Waals surface area contributed by atoms with E-state index >= 15 is 0 Å². The third-order valence-corrected chi connectivity index (χ3v) is 5.41. The number of para-hydroxylation sites is 1. The van der Waals surface area contributed by atoms with Crippen molar-refractivity contribution in [1.82, 2.24) is 14.5 Å². The predicted octanol–water partition coefficient (Wildman–Crippen LogP) is 6.48. The molecule has 0 fully saturated rings. The molecule has 0 aliphatic rings. The lowest BCUT2D eigenvalue weighted by Crippen LogP contribution is -2.13. The summed E-state index contributed by atoms with van der Waals surface area (Å²) in [5, 5.41) is 4.13. The summed E-state index contributed by atoms with van der Waals surface area (Å²) in [4.78, 5) is 22.2. The first-order valence-electron chi connectivity index (χ1n) is 11.2. The summed E-state index contributed by atoms with van der Waals surface area (Å²) in [5.41, 5.74) is 3.09. The monoisotopic (exact) mass is 408 g/mol. The summed E-state index contributed by atoms with van der Waals surface area (Å²) in [5.74, 6) is 2.05. The van der Waals surface area contributed by atoms with Gasteiger partial charge in [-0.15, -0.1) is 0 Å². The van der Waals surface area contributed by atoms with Crippen molar-refractivity contribution in [2.24, 2.45) is 11.3 Å². The SMILES string of the molecule is Cc1nc2c(NC(=O)CCCCCC(C)(C)C)nc3ccccc3c2n1CC(C)C. The van der Waals surface area contributed by atoms with Gasteiger partial charge in [0.05, 0.1) is 11.0 Å². The van der Waals surface area contributed by atoms with E-state index in [1.165, 1.54) is 6.42 Å². The van der Waals surface area contributed by atoms with Gasteiger partial charge in [0, 0.05) is 18.4 Å². The molecule has 3 rings (SSSR count). The zero-order valence-electron chi connectivity index (χ0n) is 19.4. The molecule has 1 aromatic carbocycles. The van der Waals surface area contributed by atoms with Gasteiger partial charge in [-0.05, 0) is 37.2 Å². The Kier molecular flexibility index (Phi) is 6.79. The number of amides is 1. The molecule has 0 atom stereocenters. The number of nitrogens with zero attached hydrogens (tertiary/aromatic N) is 3. The fraction of sp³-hybridized carbons (Fsp3) is 0.560. The highest BCUT2D eigenvalue weighted by Crippen LogP contribution is 2.31. The van der Waals surface area contributed by atoms with E-state index < -0.39 is 0 Å². The number of benzene rings is 1. The Labute approximate surface area is 180 Å². The van der Waals surface area contributed by atoms with Crippen LogP contribution in [-0.4, -0.2) is 20.4 Å². The van der Waals surface area contributed by atoms with Crippen molar-refractivity contribution >= 4 is 33.7 Å². The molecule has 0 spiro atoms. The van der Waals surface area contributed by atoms with Crippen LogP contribution in [0.25, 0.3) is 21.9 Å². The van der Waals surface area contributed by atoms with E-state index in [9.17, 15) is 4.79 Å². The number of carbonyl (C=O) groups is 1. The fourth-order valence-electron chi connectivity index (χ4n) is 3.94. The zero-order valence-corrected chi connectivity index (χ0v) is 19.4. The Hall–Kier alpha value is -2.43. The van der Waals surface area contributed by atoms with Gasteiger partial charge in [0.15, 0.2) is 5.82 Å². The molecule has 0 aliphatic carbocycles. The maximum Gasteiger partial charge on any atom is 0.225 e. The Morgan fingerprint density at radius 1 is 1.10 bits per heavy atom. The topological polar surface area (TPSA) is 59.8 Å². The molecule has 1 amide bonds. The lowest BCUT2D eigenvalue weighted by atomic mass is 9.89. The van der Waals surface area contributed by atoms with E-state index in [1.807, 2.05) is 25.1 Å². The lowest BCUT2D eigenvalue weighted by molar-refractivity contribution is -0.116. The summed E-state index contributed by atoms with van der Waals surface area (Å²) in [7, 11) is 0. The van der Waals surface area contributed by atoms with Crippen molar-refractivity contribution in [1.29, 1.82) is 0 Å². The Balaban J connectivity index is 1.82. The average Bonchev–Trinajstić information content (AvgIpc) is 2.97. The molecule has 3 aromatic rings. The highest BCUT2D eigenvalue weighted by molar-refractivity contribution is 6.09. The minimum Gasteiger partial charge on any atom is -0.327 e. The molecule has 30 heavy (non-hydrogen) atoms. The van der Waals surface area contributed by atoms with Crippen LogP contribution in [0.5, 0.6) is 0 Å². The molecule has 2 heterocycles. The van der Waals surface area contributed by atoms with Crippen LogP contribution in [0.15, 0.2) is 24.3 Å². The minimum absolute atomic E-state index is 0.0194. The van der Waals surface area contributed by atoms with Gasteiger partial charge in [0.2, 0.25) is 5.91 Å². The van der Waals surface area contributed by atoms with E-state index in [0.29, 0.717) is 23.6 Å². The number of hydrogen-bond donors (Lipinski definition) is 1. The number of pyridine rings is 1. The molecule has 1 N–H and O–H groups in total. The molecule has 0 saturated heterocycles. The van der Waals surface area contributed by atoms with Crippen molar-refractivity contribution in [2.75, 3.05) is 5.32 Å². The highest BCUT2D eigenvalue weighted by atomic mass is 16.1. The van der Waals surface area contributed by atoms with Gasteiger partial charge in [-0.3, -0.25) is 4.79 Å². The molecular formula is C25H36N4O. The van der Waals surface area contributed by atoms with Crippen LogP contribution in [0.1, 0.15) is 72.5 Å². The van der Waals surface area contributed by atoms with Crippen LogP contribution < -0.4 is 5.32 Å². The number of fused-ring (bicyclic) bond motifs is 3. The summed E-state index contributed by atoms with van der Waals surface area (Å²) < 4.78 is 2.26. The third kappa shape index (κ3) is 5.38. The van der Waals surface area contributed by atoms with Crippen molar-refractivity contribution < 1.29 is 4.79 Å². The molecule has 0 saturated carbocycles. The number of unbranched alkanes of at least 4 members (excludes halogenated alkanes) is 2. The third-order valence-electron chi connectivity index (χ3n) is 5.41. The minimum atomic E-state index is 0.0194. The van der Waals surface area contributed by atoms with E-state index in [0.717, 1.165) is 53.6 Å². The van der Waals surface area contributed by atoms with Crippen molar-refractivity contribution in [3.05, 3.63) is 30.1 Å². The maximum absolute atomic E-state index is 12.6. The van der Waals surface area contributed by atoms with Gasteiger partial charge in [0.1, 0.15) is 11.3 Å². The van der Waals surface area contributed by atoms with E-state index in [2.05, 4.69) is 50.6 Å². The van der Waals surface area contributed by atoms with Crippen molar-refractivity contribution in [2.45, 2.75) is 80.2 Å². The number of aromatic nitrogens is 3. The quantitative estimate of drug-likeness (QED) is 0.434. The standard InChI is InChI=1S/C25H36N4O/c1-17(2)16-29-18(3)26-22-23(29)19-12-9-10-13-20(19)27-24(22)28-21(30)14-8-7-11-15-25(4,5)6/h9-10,12-13,17H,7-8,11,14-16H2,1-6H3,(H,27,28,30). The number of hydrogen-bond acceptors (Lipinski definition) is 3. The van der Waals surface area contributed by atoms with Gasteiger partial charge in [-0.25, -0.2) is 9.97 Å². The van der Waals surface area contributed by atoms with Crippen LogP contribution in [0, 0.1) is 18.3 Å².